The van der Waals surface area contributed by atoms with Gasteiger partial charge in [0.2, 0.25) is 5.82 Å². The van der Waals surface area contributed by atoms with Gasteiger partial charge in [0.05, 0.1) is 18.3 Å². The van der Waals surface area contributed by atoms with E-state index in [0.717, 1.165) is 6.20 Å². The number of pyridine rings is 1. The van der Waals surface area contributed by atoms with Crippen molar-refractivity contribution < 1.29 is 19.0 Å². The molecule has 0 saturated heterocycles. The number of ether oxygens (including phenoxy) is 1. The van der Waals surface area contributed by atoms with Crippen LogP contribution in [0.1, 0.15) is 10.4 Å². The minimum Gasteiger partial charge on any atom is -0.479 e. The van der Waals surface area contributed by atoms with Gasteiger partial charge in [0.15, 0.2) is 0 Å². The molecule has 6 heteroatoms. The van der Waals surface area contributed by atoms with Crippen LogP contribution in [0.5, 0.6) is 5.88 Å². The summed E-state index contributed by atoms with van der Waals surface area (Å²) >= 11 is 5.41. The third-order valence-electron chi connectivity index (χ3n) is 1.35. The molecule has 1 heterocycles. The lowest BCUT2D eigenvalue weighted by atomic mass is 10.2. The van der Waals surface area contributed by atoms with Gasteiger partial charge in [-0.3, -0.25) is 0 Å². The summed E-state index contributed by atoms with van der Waals surface area (Å²) in [7, 11) is 1.19. The minimum absolute atomic E-state index is 0.259. The third kappa shape index (κ3) is 1.70. The highest BCUT2D eigenvalue weighted by Gasteiger charge is 2.19. The highest BCUT2D eigenvalue weighted by atomic mass is 35.5. The lowest BCUT2D eigenvalue weighted by molar-refractivity contribution is 0.0691. The lowest BCUT2D eigenvalue weighted by Gasteiger charge is -2.03. The predicted molar refractivity (Wildman–Crippen MR) is 42.7 cm³/mol. The van der Waals surface area contributed by atoms with E-state index < -0.39 is 17.3 Å². The molecule has 70 valence electrons. The summed E-state index contributed by atoms with van der Waals surface area (Å²) in [6.07, 6.45) is 1.02. The summed E-state index contributed by atoms with van der Waals surface area (Å²) in [6.45, 7) is 0. The van der Waals surface area contributed by atoms with E-state index in [1.54, 1.807) is 0 Å². The van der Waals surface area contributed by atoms with Crippen molar-refractivity contribution in [3.63, 3.8) is 0 Å². The number of rotatable bonds is 2. The zero-order valence-electron chi connectivity index (χ0n) is 6.54. The van der Waals surface area contributed by atoms with Crippen LogP contribution in [-0.2, 0) is 0 Å². The average molecular weight is 206 g/mol. The Bertz CT molecular complexity index is 356. The fraction of sp³-hybridized carbons (Fsp3) is 0.143. The number of hydrogen-bond acceptors (Lipinski definition) is 3. The zero-order chi connectivity index (χ0) is 10.0. The summed E-state index contributed by atoms with van der Waals surface area (Å²) in [5, 5.41) is 8.30. The number of methoxy groups -OCH3 is 1. The molecule has 0 bridgehead atoms. The number of carboxylic acid groups (broad SMARTS) is 1. The largest absolute Gasteiger partial charge is 0.479 e. The first kappa shape index (κ1) is 9.73. The first-order valence-corrected chi connectivity index (χ1v) is 3.57. The van der Waals surface area contributed by atoms with E-state index in [0.29, 0.717) is 0 Å². The van der Waals surface area contributed by atoms with Gasteiger partial charge in [-0.05, 0) is 0 Å². The molecule has 0 saturated carbocycles. The molecular formula is C7H5ClFNO3. The number of aromatic carboxylic acids is 1. The number of carboxylic acids is 1. The number of carbonyl (C=O) groups is 1. The number of aromatic nitrogens is 1. The van der Waals surface area contributed by atoms with Crippen LogP contribution >= 0.6 is 11.6 Å². The Morgan fingerprint density at radius 3 is 2.85 bits per heavy atom. The van der Waals surface area contributed by atoms with Crippen molar-refractivity contribution in [3.8, 4) is 5.88 Å². The van der Waals surface area contributed by atoms with Crippen molar-refractivity contribution in [2.75, 3.05) is 7.11 Å². The van der Waals surface area contributed by atoms with Crippen molar-refractivity contribution in [2.45, 2.75) is 0 Å². The van der Waals surface area contributed by atoms with E-state index in [1.807, 2.05) is 0 Å². The maximum atomic E-state index is 13.1. The van der Waals surface area contributed by atoms with Crippen molar-refractivity contribution >= 4 is 17.6 Å². The molecule has 0 spiro atoms. The van der Waals surface area contributed by atoms with Crippen molar-refractivity contribution in [1.29, 1.82) is 0 Å². The maximum absolute atomic E-state index is 13.1. The fourth-order valence-corrected chi connectivity index (χ4v) is 0.999. The first-order chi connectivity index (χ1) is 6.07. The van der Waals surface area contributed by atoms with Crippen LogP contribution in [0.3, 0.4) is 0 Å². The van der Waals surface area contributed by atoms with E-state index in [2.05, 4.69) is 9.72 Å². The highest BCUT2D eigenvalue weighted by Crippen LogP contribution is 2.24. The molecule has 0 amide bonds. The molecule has 0 aliphatic heterocycles. The number of nitrogens with zero attached hydrogens (tertiary/aromatic N) is 1. The van der Waals surface area contributed by atoms with Crippen LogP contribution < -0.4 is 4.74 Å². The summed E-state index contributed by atoms with van der Waals surface area (Å²) in [5.41, 5.74) is -0.631. The SMILES string of the molecule is COc1ncc(Cl)c(C(=O)O)c1F. The smallest absolute Gasteiger partial charge is 0.340 e. The molecule has 0 unspecified atom stereocenters. The van der Waals surface area contributed by atoms with Gasteiger partial charge >= 0.3 is 5.97 Å². The Hall–Kier alpha value is -1.36. The van der Waals surface area contributed by atoms with Crippen molar-refractivity contribution in [3.05, 3.63) is 22.6 Å². The van der Waals surface area contributed by atoms with Crippen LogP contribution in [0.2, 0.25) is 5.02 Å². The summed E-state index contributed by atoms with van der Waals surface area (Å²) in [6, 6.07) is 0. The van der Waals surface area contributed by atoms with E-state index in [-0.39, 0.29) is 10.9 Å². The number of hydrogen-bond donors (Lipinski definition) is 1. The first-order valence-electron chi connectivity index (χ1n) is 3.19. The molecule has 1 aromatic rings. The van der Waals surface area contributed by atoms with Gasteiger partial charge in [0, 0.05) is 0 Å². The Labute approximate surface area is 77.9 Å². The Kier molecular flexibility index (Phi) is 2.67. The average Bonchev–Trinajstić information content (AvgIpc) is 2.04. The topological polar surface area (TPSA) is 59.4 Å². The molecule has 0 aliphatic carbocycles. The molecule has 1 N–H and O–H groups in total. The van der Waals surface area contributed by atoms with E-state index in [4.69, 9.17) is 16.7 Å². The van der Waals surface area contributed by atoms with Gasteiger partial charge in [-0.25, -0.2) is 9.78 Å². The Morgan fingerprint density at radius 2 is 2.38 bits per heavy atom. The minimum atomic E-state index is -1.46. The monoisotopic (exact) mass is 205 g/mol. The van der Waals surface area contributed by atoms with E-state index >= 15 is 0 Å². The van der Waals surface area contributed by atoms with Gasteiger partial charge in [0.1, 0.15) is 5.56 Å². The highest BCUT2D eigenvalue weighted by molar-refractivity contribution is 6.33. The zero-order valence-corrected chi connectivity index (χ0v) is 7.30. The maximum Gasteiger partial charge on any atom is 0.340 e. The molecule has 0 aromatic carbocycles. The van der Waals surface area contributed by atoms with Gasteiger partial charge in [-0.1, -0.05) is 11.6 Å². The van der Waals surface area contributed by atoms with Crippen LogP contribution in [-0.4, -0.2) is 23.2 Å². The quantitative estimate of drug-likeness (QED) is 0.796. The van der Waals surface area contributed by atoms with Gasteiger partial charge < -0.3 is 9.84 Å². The fourth-order valence-electron chi connectivity index (χ4n) is 0.787. The summed E-state index contributed by atoms with van der Waals surface area (Å²) < 4.78 is 17.6. The predicted octanol–water partition coefficient (Wildman–Crippen LogP) is 1.58. The van der Waals surface area contributed by atoms with Gasteiger partial charge in [-0.15, -0.1) is 0 Å². The second-order valence-corrected chi connectivity index (χ2v) is 2.52. The van der Waals surface area contributed by atoms with Crippen LogP contribution in [0.25, 0.3) is 0 Å². The second-order valence-electron chi connectivity index (χ2n) is 2.11. The van der Waals surface area contributed by atoms with Gasteiger partial charge in [-0.2, -0.15) is 4.39 Å². The molecular weight excluding hydrogens is 201 g/mol. The molecule has 13 heavy (non-hydrogen) atoms. The van der Waals surface area contributed by atoms with Crippen LogP contribution in [0.4, 0.5) is 4.39 Å². The van der Waals surface area contributed by atoms with Crippen molar-refractivity contribution in [1.82, 2.24) is 4.98 Å². The Morgan fingerprint density at radius 1 is 1.77 bits per heavy atom. The number of halogens is 2. The molecule has 1 rings (SSSR count). The normalized spacial score (nSPS) is 9.77. The second kappa shape index (κ2) is 3.57. The van der Waals surface area contributed by atoms with E-state index in [9.17, 15) is 9.18 Å². The van der Waals surface area contributed by atoms with Gasteiger partial charge in [0.25, 0.3) is 5.88 Å². The van der Waals surface area contributed by atoms with Crippen LogP contribution in [0.15, 0.2) is 6.20 Å². The molecule has 0 aliphatic rings. The Balaban J connectivity index is 3.38. The summed E-state index contributed by atoms with van der Waals surface area (Å²) in [5.74, 6) is -2.91. The lowest BCUT2D eigenvalue weighted by Crippen LogP contribution is -2.05. The molecule has 0 radical (unpaired) electrons. The molecule has 0 fully saturated rings. The standard InChI is InChI=1S/C7H5ClFNO3/c1-13-6-5(9)4(7(11)12)3(8)2-10-6/h2H,1H3,(H,11,12). The van der Waals surface area contributed by atoms with Crippen molar-refractivity contribution in [2.24, 2.45) is 0 Å². The molecule has 0 atom stereocenters. The molecule has 1 aromatic heterocycles. The summed E-state index contributed by atoms with van der Waals surface area (Å²) in [4.78, 5) is 13.9. The van der Waals surface area contributed by atoms with E-state index in [1.165, 1.54) is 7.11 Å². The van der Waals surface area contributed by atoms with Crippen LogP contribution in [0, 0.1) is 5.82 Å². The molecule has 4 nitrogen and oxygen atoms in total. The third-order valence-corrected chi connectivity index (χ3v) is 1.64.